The summed E-state index contributed by atoms with van der Waals surface area (Å²) in [5.41, 5.74) is 0. The van der Waals surface area contributed by atoms with Gasteiger partial charge in [0.1, 0.15) is 0 Å². The van der Waals surface area contributed by atoms with Gasteiger partial charge in [-0.25, -0.2) is 0 Å². The molecule has 0 aromatic heterocycles. The second-order valence-corrected chi connectivity index (χ2v) is 2.78. The Morgan fingerprint density at radius 2 is 1.50 bits per heavy atom. The maximum Gasteiger partial charge on any atom is 0.321 e. The Labute approximate surface area is 70.5 Å². The van der Waals surface area contributed by atoms with Crippen LogP contribution in [0.2, 0.25) is 0 Å². The third kappa shape index (κ3) is 3.75. The molecule has 0 bridgehead atoms. The second-order valence-electron chi connectivity index (χ2n) is 2.78. The monoisotopic (exact) mass is 172 g/mol. The smallest absolute Gasteiger partial charge is 0.321 e. The molecule has 68 valence electrons. The van der Waals surface area contributed by atoms with Crippen molar-refractivity contribution in [2.24, 2.45) is 11.8 Å². The highest BCUT2D eigenvalue weighted by Gasteiger charge is 2.21. The van der Waals surface area contributed by atoms with Crippen molar-refractivity contribution in [3.05, 3.63) is 12.2 Å². The molecule has 2 N–H and O–H groups in total. The number of hydrogen-bond donors (Lipinski definition) is 2. The van der Waals surface area contributed by atoms with Gasteiger partial charge in [-0.2, -0.15) is 0 Å². The van der Waals surface area contributed by atoms with Gasteiger partial charge in [0.15, 0.2) is 5.92 Å². The molecule has 12 heavy (non-hydrogen) atoms. The van der Waals surface area contributed by atoms with E-state index in [1.807, 2.05) is 13.8 Å². The molecule has 0 aromatic rings. The van der Waals surface area contributed by atoms with Gasteiger partial charge in [-0.15, -0.1) is 0 Å². The molecule has 0 amide bonds. The molecule has 0 aliphatic carbocycles. The molecular formula is C8H12O4. The average molecular weight is 172 g/mol. The number of carboxylic acid groups (broad SMARTS) is 2. The van der Waals surface area contributed by atoms with Crippen LogP contribution in [0.4, 0.5) is 0 Å². The van der Waals surface area contributed by atoms with Gasteiger partial charge in [-0.05, 0) is 5.92 Å². The number of hydrogen-bond acceptors (Lipinski definition) is 2. The molecule has 0 aliphatic heterocycles. The number of carbonyl (C=O) groups is 2. The van der Waals surface area contributed by atoms with Gasteiger partial charge in [-0.3, -0.25) is 9.59 Å². The summed E-state index contributed by atoms with van der Waals surface area (Å²) in [6, 6.07) is 0. The Kier molecular flexibility index (Phi) is 4.04. The number of aliphatic carboxylic acids is 2. The van der Waals surface area contributed by atoms with Gasteiger partial charge in [-0.1, -0.05) is 26.0 Å². The Hall–Kier alpha value is -1.32. The first-order chi connectivity index (χ1) is 5.45. The third-order valence-corrected chi connectivity index (χ3v) is 1.22. The van der Waals surface area contributed by atoms with E-state index in [2.05, 4.69) is 0 Å². The lowest BCUT2D eigenvalue weighted by Crippen LogP contribution is -2.21. The van der Waals surface area contributed by atoms with E-state index < -0.39 is 17.9 Å². The fourth-order valence-electron chi connectivity index (χ4n) is 0.604. The molecular weight excluding hydrogens is 160 g/mol. The minimum Gasteiger partial charge on any atom is -0.480 e. The highest BCUT2D eigenvalue weighted by Crippen LogP contribution is 2.03. The molecule has 0 spiro atoms. The van der Waals surface area contributed by atoms with Crippen molar-refractivity contribution in [1.29, 1.82) is 0 Å². The van der Waals surface area contributed by atoms with Gasteiger partial charge < -0.3 is 10.2 Å². The maximum atomic E-state index is 10.3. The van der Waals surface area contributed by atoms with E-state index in [1.54, 1.807) is 6.08 Å². The van der Waals surface area contributed by atoms with Crippen molar-refractivity contribution in [2.45, 2.75) is 13.8 Å². The summed E-state index contributed by atoms with van der Waals surface area (Å²) in [6.07, 6.45) is 2.75. The normalized spacial score (nSPS) is 11.3. The van der Waals surface area contributed by atoms with Crippen molar-refractivity contribution < 1.29 is 19.8 Å². The largest absolute Gasteiger partial charge is 0.480 e. The highest BCUT2D eigenvalue weighted by molar-refractivity contribution is 5.94. The molecule has 0 unspecified atom stereocenters. The first kappa shape index (κ1) is 10.7. The van der Waals surface area contributed by atoms with Crippen LogP contribution in [0.5, 0.6) is 0 Å². The number of rotatable bonds is 4. The highest BCUT2D eigenvalue weighted by atomic mass is 16.4. The molecule has 0 heterocycles. The van der Waals surface area contributed by atoms with E-state index in [0.29, 0.717) is 0 Å². The first-order valence-electron chi connectivity index (χ1n) is 3.59. The summed E-state index contributed by atoms with van der Waals surface area (Å²) in [6.45, 7) is 3.69. The quantitative estimate of drug-likeness (QED) is 0.489. The predicted molar refractivity (Wildman–Crippen MR) is 42.7 cm³/mol. The fourth-order valence-corrected chi connectivity index (χ4v) is 0.604. The zero-order valence-corrected chi connectivity index (χ0v) is 7.02. The van der Waals surface area contributed by atoms with Gasteiger partial charge in [0, 0.05) is 0 Å². The fraction of sp³-hybridized carbons (Fsp3) is 0.500. The van der Waals surface area contributed by atoms with Crippen molar-refractivity contribution in [1.82, 2.24) is 0 Å². The van der Waals surface area contributed by atoms with Crippen LogP contribution in [0, 0.1) is 11.8 Å². The van der Waals surface area contributed by atoms with Gasteiger partial charge in [0.25, 0.3) is 0 Å². The Morgan fingerprint density at radius 1 is 1.08 bits per heavy atom. The van der Waals surface area contributed by atoms with E-state index in [4.69, 9.17) is 10.2 Å². The average Bonchev–Trinajstić information content (AvgIpc) is 1.84. The lowest BCUT2D eigenvalue weighted by atomic mass is 10.1. The van der Waals surface area contributed by atoms with Crippen molar-refractivity contribution >= 4 is 11.9 Å². The lowest BCUT2D eigenvalue weighted by Gasteiger charge is -2.00. The van der Waals surface area contributed by atoms with E-state index in [9.17, 15) is 9.59 Å². The SMILES string of the molecule is CC(C)/C=C/C(C(=O)O)C(=O)O. The minimum absolute atomic E-state index is 0.159. The summed E-state index contributed by atoms with van der Waals surface area (Å²) < 4.78 is 0. The molecule has 0 aliphatic rings. The molecule has 0 saturated carbocycles. The topological polar surface area (TPSA) is 74.6 Å². The van der Waals surface area contributed by atoms with Crippen LogP contribution in [-0.4, -0.2) is 22.2 Å². The van der Waals surface area contributed by atoms with E-state index in [-0.39, 0.29) is 5.92 Å². The summed E-state index contributed by atoms with van der Waals surface area (Å²) in [4.78, 5) is 20.6. The van der Waals surface area contributed by atoms with Gasteiger partial charge >= 0.3 is 11.9 Å². The van der Waals surface area contributed by atoms with Crippen molar-refractivity contribution in [3.8, 4) is 0 Å². The number of allylic oxidation sites excluding steroid dienone is 1. The van der Waals surface area contributed by atoms with E-state index in [0.717, 1.165) is 0 Å². The third-order valence-electron chi connectivity index (χ3n) is 1.22. The second kappa shape index (κ2) is 4.54. The van der Waals surface area contributed by atoms with Crippen LogP contribution < -0.4 is 0 Å². The Bertz CT molecular complexity index is 191. The van der Waals surface area contributed by atoms with E-state index in [1.165, 1.54) is 6.08 Å². The van der Waals surface area contributed by atoms with Gasteiger partial charge in [0.05, 0.1) is 0 Å². The standard InChI is InChI=1S/C8H12O4/c1-5(2)3-4-6(7(9)10)8(11)12/h3-6H,1-2H3,(H,9,10)(H,11,12)/b4-3+. The van der Waals surface area contributed by atoms with Crippen LogP contribution >= 0.6 is 0 Å². The van der Waals surface area contributed by atoms with Crippen molar-refractivity contribution in [2.75, 3.05) is 0 Å². The van der Waals surface area contributed by atoms with Gasteiger partial charge in [0.2, 0.25) is 0 Å². The van der Waals surface area contributed by atoms with Crippen LogP contribution in [0.25, 0.3) is 0 Å². The zero-order valence-electron chi connectivity index (χ0n) is 7.02. The molecule has 4 heteroatoms. The van der Waals surface area contributed by atoms with Crippen LogP contribution in [-0.2, 0) is 9.59 Å². The predicted octanol–water partition coefficient (Wildman–Crippen LogP) is 0.984. The molecule has 0 atom stereocenters. The Morgan fingerprint density at radius 3 is 1.75 bits per heavy atom. The molecule has 0 rings (SSSR count). The molecule has 4 nitrogen and oxygen atoms in total. The maximum absolute atomic E-state index is 10.3. The number of carboxylic acids is 2. The van der Waals surface area contributed by atoms with Crippen LogP contribution in [0.15, 0.2) is 12.2 Å². The minimum atomic E-state index is -1.42. The van der Waals surface area contributed by atoms with Crippen LogP contribution in [0.3, 0.4) is 0 Å². The molecule has 0 saturated heterocycles. The summed E-state index contributed by atoms with van der Waals surface area (Å²) >= 11 is 0. The lowest BCUT2D eigenvalue weighted by molar-refractivity contribution is -0.151. The van der Waals surface area contributed by atoms with Crippen molar-refractivity contribution in [3.63, 3.8) is 0 Å². The molecule has 0 radical (unpaired) electrons. The first-order valence-corrected chi connectivity index (χ1v) is 3.59. The van der Waals surface area contributed by atoms with Crippen LogP contribution in [0.1, 0.15) is 13.8 Å². The molecule has 0 aromatic carbocycles. The summed E-state index contributed by atoms with van der Waals surface area (Å²) in [5.74, 6) is -3.93. The summed E-state index contributed by atoms with van der Waals surface area (Å²) in [5, 5.41) is 16.8. The molecule has 0 fully saturated rings. The Balaban J connectivity index is 4.34. The summed E-state index contributed by atoms with van der Waals surface area (Å²) in [7, 11) is 0. The van der Waals surface area contributed by atoms with E-state index >= 15 is 0 Å². The zero-order chi connectivity index (χ0) is 9.72.